The Morgan fingerprint density at radius 3 is 2.95 bits per heavy atom. The minimum Gasteiger partial charge on any atom is -0.308 e. The Morgan fingerprint density at radius 2 is 2.10 bits per heavy atom. The Kier molecular flexibility index (Phi) is 3.74. The van der Waals surface area contributed by atoms with Crippen molar-refractivity contribution in [2.45, 2.75) is 17.9 Å². The van der Waals surface area contributed by atoms with Crippen molar-refractivity contribution in [3.63, 3.8) is 0 Å². The van der Waals surface area contributed by atoms with Gasteiger partial charge in [0.1, 0.15) is 5.03 Å². The number of nitrogens with zero attached hydrogens (tertiary/aromatic N) is 2. The van der Waals surface area contributed by atoms with E-state index < -0.39 is 0 Å². The minimum atomic E-state index is 0.0506. The van der Waals surface area contributed by atoms with E-state index in [1.54, 1.807) is 6.20 Å². The van der Waals surface area contributed by atoms with Gasteiger partial charge in [-0.2, -0.15) is 0 Å². The summed E-state index contributed by atoms with van der Waals surface area (Å²) in [5, 5.41) is 0.792. The van der Waals surface area contributed by atoms with Gasteiger partial charge in [0.15, 0.2) is 0 Å². The molecule has 102 valence electrons. The van der Waals surface area contributed by atoms with Crippen LogP contribution in [0.1, 0.15) is 22.3 Å². The molecule has 1 aromatic heterocycles. The molecule has 0 saturated carbocycles. The minimum absolute atomic E-state index is 0.0506. The van der Waals surface area contributed by atoms with Crippen LogP contribution in [-0.4, -0.2) is 23.7 Å². The highest BCUT2D eigenvalue weighted by atomic mass is 32.2. The number of amides is 1. The number of rotatable bonds is 2. The molecule has 0 N–H and O–H groups in total. The lowest BCUT2D eigenvalue weighted by atomic mass is 10.0. The number of hydrogen-bond acceptors (Lipinski definition) is 3. The summed E-state index contributed by atoms with van der Waals surface area (Å²) in [6, 6.07) is 11.8. The van der Waals surface area contributed by atoms with Crippen molar-refractivity contribution in [1.82, 2.24) is 4.98 Å². The molecule has 3 nitrogen and oxygen atoms in total. The Morgan fingerprint density at radius 1 is 1.25 bits per heavy atom. The molecule has 0 unspecified atom stereocenters. The standard InChI is InChI=1S/C16H16N2OS/c1-20-15-13(8-4-10-17-15)16(19)18-11-5-7-12-6-2-3-9-14(12)18/h2-4,6,8-10H,5,7,11H2,1H3. The van der Waals surface area contributed by atoms with Crippen LogP contribution in [0.5, 0.6) is 0 Å². The maximum Gasteiger partial charge on any atom is 0.261 e. The Labute approximate surface area is 123 Å². The van der Waals surface area contributed by atoms with Crippen LogP contribution in [0.4, 0.5) is 5.69 Å². The highest BCUT2D eigenvalue weighted by Gasteiger charge is 2.24. The summed E-state index contributed by atoms with van der Waals surface area (Å²) in [5.74, 6) is 0.0506. The van der Waals surface area contributed by atoms with E-state index in [-0.39, 0.29) is 5.91 Å². The van der Waals surface area contributed by atoms with Gasteiger partial charge in [-0.15, -0.1) is 11.8 Å². The van der Waals surface area contributed by atoms with Gasteiger partial charge >= 0.3 is 0 Å². The summed E-state index contributed by atoms with van der Waals surface area (Å²) in [6.45, 7) is 0.776. The summed E-state index contributed by atoms with van der Waals surface area (Å²) in [5.41, 5.74) is 2.98. The monoisotopic (exact) mass is 284 g/mol. The number of carbonyl (C=O) groups excluding carboxylic acids is 1. The van der Waals surface area contributed by atoms with E-state index in [0.717, 1.165) is 30.1 Å². The molecule has 3 rings (SSSR count). The maximum atomic E-state index is 12.8. The summed E-state index contributed by atoms with van der Waals surface area (Å²) in [7, 11) is 0. The summed E-state index contributed by atoms with van der Waals surface area (Å²) in [6.07, 6.45) is 5.73. The SMILES string of the molecule is CSc1ncccc1C(=O)N1CCCc2ccccc21. The lowest BCUT2D eigenvalue weighted by molar-refractivity contribution is 0.0981. The van der Waals surface area contributed by atoms with Crippen LogP contribution >= 0.6 is 11.8 Å². The number of para-hydroxylation sites is 1. The lowest BCUT2D eigenvalue weighted by Crippen LogP contribution is -2.35. The van der Waals surface area contributed by atoms with Crippen molar-refractivity contribution >= 4 is 23.4 Å². The average Bonchev–Trinajstić information content (AvgIpc) is 2.53. The Hall–Kier alpha value is -1.81. The van der Waals surface area contributed by atoms with Crippen LogP contribution in [0.25, 0.3) is 0 Å². The first-order valence-electron chi connectivity index (χ1n) is 6.70. The van der Waals surface area contributed by atoms with Gasteiger partial charge in [-0.3, -0.25) is 4.79 Å². The zero-order valence-electron chi connectivity index (χ0n) is 11.4. The smallest absolute Gasteiger partial charge is 0.261 e. The average molecular weight is 284 g/mol. The number of anilines is 1. The number of carbonyl (C=O) groups is 1. The first-order valence-corrected chi connectivity index (χ1v) is 7.92. The Bertz CT molecular complexity index is 642. The third kappa shape index (κ3) is 2.31. The van der Waals surface area contributed by atoms with Gasteiger partial charge < -0.3 is 4.90 Å². The molecule has 0 aliphatic carbocycles. The van der Waals surface area contributed by atoms with Gasteiger partial charge in [0.2, 0.25) is 0 Å². The van der Waals surface area contributed by atoms with Gasteiger partial charge in [-0.1, -0.05) is 18.2 Å². The zero-order valence-corrected chi connectivity index (χ0v) is 12.2. The molecule has 0 atom stereocenters. The number of hydrogen-bond donors (Lipinski definition) is 0. The molecule has 0 radical (unpaired) electrons. The first-order chi connectivity index (χ1) is 9.81. The summed E-state index contributed by atoms with van der Waals surface area (Å²) >= 11 is 1.51. The molecule has 0 fully saturated rings. The van der Waals surface area contributed by atoms with Crippen molar-refractivity contribution in [2.24, 2.45) is 0 Å². The predicted octanol–water partition coefficient (Wildman–Crippen LogP) is 3.40. The van der Waals surface area contributed by atoms with Crippen LogP contribution in [0.15, 0.2) is 47.6 Å². The molecule has 1 aliphatic rings. The molecular weight excluding hydrogens is 268 g/mol. The normalized spacial score (nSPS) is 13.9. The van der Waals surface area contributed by atoms with Crippen molar-refractivity contribution < 1.29 is 4.79 Å². The van der Waals surface area contributed by atoms with E-state index in [2.05, 4.69) is 11.1 Å². The second-order valence-electron chi connectivity index (χ2n) is 4.75. The van der Waals surface area contributed by atoms with Crippen LogP contribution in [0.2, 0.25) is 0 Å². The molecule has 0 bridgehead atoms. The van der Waals surface area contributed by atoms with E-state index in [0.29, 0.717) is 5.56 Å². The fraction of sp³-hybridized carbons (Fsp3) is 0.250. The third-order valence-corrected chi connectivity index (χ3v) is 4.26. The fourth-order valence-electron chi connectivity index (χ4n) is 2.61. The van der Waals surface area contributed by atoms with Crippen LogP contribution in [0.3, 0.4) is 0 Å². The lowest BCUT2D eigenvalue weighted by Gasteiger charge is -2.29. The summed E-state index contributed by atoms with van der Waals surface area (Å²) in [4.78, 5) is 19.0. The molecule has 4 heteroatoms. The number of fused-ring (bicyclic) bond motifs is 1. The highest BCUT2D eigenvalue weighted by Crippen LogP contribution is 2.29. The third-order valence-electron chi connectivity index (χ3n) is 3.55. The van der Waals surface area contributed by atoms with Crippen molar-refractivity contribution in [1.29, 1.82) is 0 Å². The number of benzene rings is 1. The van der Waals surface area contributed by atoms with Crippen LogP contribution < -0.4 is 4.90 Å². The molecule has 0 saturated heterocycles. The predicted molar refractivity (Wildman–Crippen MR) is 82.5 cm³/mol. The van der Waals surface area contributed by atoms with Crippen molar-refractivity contribution in [2.75, 3.05) is 17.7 Å². The molecule has 1 aromatic carbocycles. The maximum absolute atomic E-state index is 12.8. The van der Waals surface area contributed by atoms with Crippen molar-refractivity contribution in [3.05, 3.63) is 53.7 Å². The van der Waals surface area contributed by atoms with E-state index in [1.165, 1.54) is 17.3 Å². The number of aryl methyl sites for hydroxylation is 1. The van der Waals surface area contributed by atoms with Gasteiger partial charge in [0.25, 0.3) is 5.91 Å². The molecule has 1 amide bonds. The van der Waals surface area contributed by atoms with Crippen LogP contribution in [0, 0.1) is 0 Å². The van der Waals surface area contributed by atoms with Crippen molar-refractivity contribution in [3.8, 4) is 0 Å². The molecule has 0 spiro atoms. The number of aromatic nitrogens is 1. The second-order valence-corrected chi connectivity index (χ2v) is 5.54. The second kappa shape index (κ2) is 5.67. The van der Waals surface area contributed by atoms with Gasteiger partial charge in [0, 0.05) is 18.4 Å². The van der Waals surface area contributed by atoms with E-state index in [4.69, 9.17) is 0 Å². The van der Waals surface area contributed by atoms with E-state index in [1.807, 2.05) is 41.5 Å². The zero-order chi connectivity index (χ0) is 13.9. The van der Waals surface area contributed by atoms with Gasteiger partial charge in [-0.05, 0) is 42.9 Å². The van der Waals surface area contributed by atoms with Crippen LogP contribution in [-0.2, 0) is 6.42 Å². The Balaban J connectivity index is 2.00. The number of thioether (sulfide) groups is 1. The topological polar surface area (TPSA) is 33.2 Å². The molecule has 20 heavy (non-hydrogen) atoms. The fourth-order valence-corrected chi connectivity index (χ4v) is 3.15. The van der Waals surface area contributed by atoms with Gasteiger partial charge in [0.05, 0.1) is 5.56 Å². The number of pyridine rings is 1. The quantitative estimate of drug-likeness (QED) is 0.792. The van der Waals surface area contributed by atoms with E-state index in [9.17, 15) is 4.79 Å². The highest BCUT2D eigenvalue weighted by molar-refractivity contribution is 7.98. The van der Waals surface area contributed by atoms with Gasteiger partial charge in [-0.25, -0.2) is 4.98 Å². The first kappa shape index (κ1) is 13.2. The molecular formula is C16H16N2OS. The molecule has 2 aromatic rings. The molecule has 1 aliphatic heterocycles. The molecule has 2 heterocycles. The summed E-state index contributed by atoms with van der Waals surface area (Å²) < 4.78 is 0. The largest absolute Gasteiger partial charge is 0.308 e. The van der Waals surface area contributed by atoms with E-state index >= 15 is 0 Å².